The maximum Gasteiger partial charge on any atom is 0.302 e. The highest BCUT2D eigenvalue weighted by molar-refractivity contribution is 7.81. The SMILES string of the molecule is CC(=O)OC1CC(C)CCC1C(C)(C)S. The van der Waals surface area contributed by atoms with E-state index in [0.29, 0.717) is 11.8 Å². The van der Waals surface area contributed by atoms with Crippen molar-refractivity contribution in [3.8, 4) is 0 Å². The Bertz CT molecular complexity index is 232. The van der Waals surface area contributed by atoms with Gasteiger partial charge in [0.25, 0.3) is 0 Å². The second kappa shape index (κ2) is 4.77. The number of carbonyl (C=O) groups excluding carboxylic acids is 1. The number of thiol groups is 1. The van der Waals surface area contributed by atoms with Gasteiger partial charge in [-0.25, -0.2) is 0 Å². The zero-order valence-corrected chi connectivity index (χ0v) is 11.0. The average Bonchev–Trinajstić information content (AvgIpc) is 1.99. The van der Waals surface area contributed by atoms with Crippen molar-refractivity contribution in [3.05, 3.63) is 0 Å². The Morgan fingerprint density at radius 3 is 2.47 bits per heavy atom. The first-order valence-electron chi connectivity index (χ1n) is 5.70. The second-order valence-corrected chi connectivity index (χ2v) is 6.48. The van der Waals surface area contributed by atoms with Gasteiger partial charge in [-0.05, 0) is 18.8 Å². The molecular weight excluding hydrogens is 208 g/mol. The molecule has 1 fully saturated rings. The first-order chi connectivity index (χ1) is 6.80. The molecule has 0 aromatic heterocycles. The molecule has 2 nitrogen and oxygen atoms in total. The number of esters is 1. The third-order valence-electron chi connectivity index (χ3n) is 3.28. The molecule has 0 aliphatic heterocycles. The molecule has 0 saturated heterocycles. The molecule has 0 bridgehead atoms. The molecule has 0 N–H and O–H groups in total. The quantitative estimate of drug-likeness (QED) is 0.583. The highest BCUT2D eigenvalue weighted by atomic mass is 32.1. The lowest BCUT2D eigenvalue weighted by atomic mass is 9.75. The van der Waals surface area contributed by atoms with Crippen LogP contribution in [-0.4, -0.2) is 16.8 Å². The van der Waals surface area contributed by atoms with E-state index in [1.807, 2.05) is 0 Å². The minimum atomic E-state index is -0.170. The molecule has 0 spiro atoms. The zero-order valence-electron chi connectivity index (χ0n) is 10.1. The molecule has 88 valence electrons. The van der Waals surface area contributed by atoms with Crippen molar-refractivity contribution in [2.24, 2.45) is 11.8 Å². The largest absolute Gasteiger partial charge is 0.462 e. The van der Waals surface area contributed by atoms with Crippen LogP contribution in [0.2, 0.25) is 0 Å². The molecule has 15 heavy (non-hydrogen) atoms. The molecule has 1 rings (SSSR count). The fourth-order valence-corrected chi connectivity index (χ4v) is 2.78. The lowest BCUT2D eigenvalue weighted by molar-refractivity contribution is -0.152. The Balaban J connectivity index is 2.70. The number of rotatable bonds is 2. The van der Waals surface area contributed by atoms with Gasteiger partial charge < -0.3 is 4.74 Å². The Morgan fingerprint density at radius 2 is 2.00 bits per heavy atom. The van der Waals surface area contributed by atoms with E-state index < -0.39 is 0 Å². The molecule has 0 aromatic rings. The summed E-state index contributed by atoms with van der Waals surface area (Å²) in [6.45, 7) is 7.92. The van der Waals surface area contributed by atoms with E-state index >= 15 is 0 Å². The molecule has 0 amide bonds. The van der Waals surface area contributed by atoms with E-state index in [4.69, 9.17) is 4.74 Å². The van der Waals surface area contributed by atoms with Crippen LogP contribution in [0.25, 0.3) is 0 Å². The van der Waals surface area contributed by atoms with Crippen molar-refractivity contribution in [1.29, 1.82) is 0 Å². The van der Waals surface area contributed by atoms with Gasteiger partial charge in [0.2, 0.25) is 0 Å². The molecule has 0 radical (unpaired) electrons. The van der Waals surface area contributed by atoms with E-state index in [-0.39, 0.29) is 16.8 Å². The Labute approximate surface area is 98.2 Å². The number of hydrogen-bond acceptors (Lipinski definition) is 3. The minimum Gasteiger partial charge on any atom is -0.462 e. The predicted octanol–water partition coefficient (Wildman–Crippen LogP) is 3.06. The first-order valence-corrected chi connectivity index (χ1v) is 6.15. The maximum absolute atomic E-state index is 11.0. The van der Waals surface area contributed by atoms with Gasteiger partial charge in [0.1, 0.15) is 6.10 Å². The summed E-state index contributed by atoms with van der Waals surface area (Å²) in [4.78, 5) is 11.0. The van der Waals surface area contributed by atoms with Crippen LogP contribution in [0.3, 0.4) is 0 Å². The molecule has 1 saturated carbocycles. The van der Waals surface area contributed by atoms with E-state index in [1.54, 1.807) is 0 Å². The third kappa shape index (κ3) is 3.71. The van der Waals surface area contributed by atoms with Crippen molar-refractivity contribution in [2.75, 3.05) is 0 Å². The van der Waals surface area contributed by atoms with Crippen LogP contribution in [0, 0.1) is 11.8 Å². The number of hydrogen-bond donors (Lipinski definition) is 1. The van der Waals surface area contributed by atoms with Gasteiger partial charge in [-0.15, -0.1) is 0 Å². The van der Waals surface area contributed by atoms with Gasteiger partial charge in [-0.2, -0.15) is 12.6 Å². The van der Waals surface area contributed by atoms with Crippen LogP contribution in [-0.2, 0) is 9.53 Å². The van der Waals surface area contributed by atoms with E-state index in [2.05, 4.69) is 33.4 Å². The van der Waals surface area contributed by atoms with Gasteiger partial charge in [-0.1, -0.05) is 27.2 Å². The maximum atomic E-state index is 11.0. The van der Waals surface area contributed by atoms with Crippen LogP contribution >= 0.6 is 12.6 Å². The summed E-state index contributed by atoms with van der Waals surface area (Å²) >= 11 is 4.62. The summed E-state index contributed by atoms with van der Waals surface area (Å²) < 4.78 is 5.34. The minimum absolute atomic E-state index is 0.0544. The third-order valence-corrected chi connectivity index (χ3v) is 3.61. The molecule has 0 aromatic carbocycles. The Morgan fingerprint density at radius 1 is 1.40 bits per heavy atom. The van der Waals surface area contributed by atoms with Crippen molar-refractivity contribution in [1.82, 2.24) is 0 Å². The number of carbonyl (C=O) groups is 1. The summed E-state index contributed by atoms with van der Waals surface area (Å²) in [7, 11) is 0. The molecule has 1 aliphatic rings. The fraction of sp³-hybridized carbons (Fsp3) is 0.917. The van der Waals surface area contributed by atoms with Gasteiger partial charge in [0.05, 0.1) is 0 Å². The van der Waals surface area contributed by atoms with Crippen molar-refractivity contribution < 1.29 is 9.53 Å². The topological polar surface area (TPSA) is 26.3 Å². The highest BCUT2D eigenvalue weighted by Gasteiger charge is 2.38. The number of ether oxygens (including phenoxy) is 1. The predicted molar refractivity (Wildman–Crippen MR) is 65.1 cm³/mol. The van der Waals surface area contributed by atoms with Gasteiger partial charge in [0.15, 0.2) is 0 Å². The van der Waals surface area contributed by atoms with Crippen molar-refractivity contribution in [3.63, 3.8) is 0 Å². The molecule has 3 heteroatoms. The molecule has 1 aliphatic carbocycles. The van der Waals surface area contributed by atoms with Crippen molar-refractivity contribution in [2.45, 2.75) is 57.8 Å². The second-order valence-electron chi connectivity index (χ2n) is 5.33. The normalized spacial score (nSPS) is 32.5. The molecule has 3 unspecified atom stereocenters. The van der Waals surface area contributed by atoms with Crippen LogP contribution in [0.1, 0.15) is 47.0 Å². The lowest BCUT2D eigenvalue weighted by Gasteiger charge is -2.41. The standard InChI is InChI=1S/C12H22O2S/c1-8-5-6-10(12(3,4)15)11(7-8)14-9(2)13/h8,10-11,15H,5-7H2,1-4H3. The van der Waals surface area contributed by atoms with Crippen LogP contribution < -0.4 is 0 Å². The first kappa shape index (κ1) is 12.9. The molecule has 3 atom stereocenters. The van der Waals surface area contributed by atoms with Crippen LogP contribution in [0.4, 0.5) is 0 Å². The van der Waals surface area contributed by atoms with E-state index in [1.165, 1.54) is 13.3 Å². The smallest absolute Gasteiger partial charge is 0.302 e. The van der Waals surface area contributed by atoms with Crippen LogP contribution in [0.15, 0.2) is 0 Å². The molecule has 0 heterocycles. The Hall–Kier alpha value is -0.180. The van der Waals surface area contributed by atoms with E-state index in [9.17, 15) is 4.79 Å². The van der Waals surface area contributed by atoms with Gasteiger partial charge >= 0.3 is 5.97 Å². The molecular formula is C12H22O2S. The summed E-state index contributed by atoms with van der Waals surface area (Å²) in [5, 5.41) is 0. The van der Waals surface area contributed by atoms with Crippen LogP contribution in [0.5, 0.6) is 0 Å². The van der Waals surface area contributed by atoms with E-state index in [0.717, 1.165) is 12.8 Å². The van der Waals surface area contributed by atoms with Gasteiger partial charge in [-0.3, -0.25) is 4.79 Å². The fourth-order valence-electron chi connectivity index (χ4n) is 2.48. The summed E-state index contributed by atoms with van der Waals surface area (Å²) in [5.41, 5.74) is 0. The summed E-state index contributed by atoms with van der Waals surface area (Å²) in [5.74, 6) is 0.860. The zero-order chi connectivity index (χ0) is 11.6. The lowest BCUT2D eigenvalue weighted by Crippen LogP contribution is -2.41. The summed E-state index contributed by atoms with van der Waals surface area (Å²) in [6.07, 6.45) is 3.36. The monoisotopic (exact) mass is 230 g/mol. The summed E-state index contributed by atoms with van der Waals surface area (Å²) in [6, 6.07) is 0. The average molecular weight is 230 g/mol. The Kier molecular flexibility index (Phi) is 4.10. The highest BCUT2D eigenvalue weighted by Crippen LogP contribution is 2.40. The van der Waals surface area contributed by atoms with Gasteiger partial charge in [0, 0.05) is 17.6 Å². The van der Waals surface area contributed by atoms with Crippen molar-refractivity contribution >= 4 is 18.6 Å².